The van der Waals surface area contributed by atoms with E-state index < -0.39 is 0 Å². The Kier molecular flexibility index (Phi) is 3.53. The number of hydrogen-bond acceptors (Lipinski definition) is 1. The van der Waals surface area contributed by atoms with Gasteiger partial charge >= 0.3 is 0 Å². The zero-order valence-corrected chi connectivity index (χ0v) is 9.62. The third kappa shape index (κ3) is 1.90. The fourth-order valence-corrected chi connectivity index (χ4v) is 1.75. The van der Waals surface area contributed by atoms with E-state index in [0.717, 1.165) is 23.1 Å². The van der Waals surface area contributed by atoms with E-state index in [1.165, 1.54) is 0 Å². The summed E-state index contributed by atoms with van der Waals surface area (Å²) >= 11 is 0. The van der Waals surface area contributed by atoms with Crippen LogP contribution < -0.4 is 0 Å². The highest BCUT2D eigenvalue weighted by Gasteiger charge is 2.11. The summed E-state index contributed by atoms with van der Waals surface area (Å²) in [6.45, 7) is 4.20. The molecule has 3 heteroatoms. The van der Waals surface area contributed by atoms with Crippen molar-refractivity contribution in [1.82, 2.24) is 4.40 Å². The average Bonchev–Trinajstić information content (AvgIpc) is 2.56. The van der Waals surface area contributed by atoms with Crippen LogP contribution in [0, 0.1) is 0 Å². The summed E-state index contributed by atoms with van der Waals surface area (Å²) in [4.78, 5) is 11.0. The van der Waals surface area contributed by atoms with Gasteiger partial charge in [0.05, 0.1) is 5.69 Å². The van der Waals surface area contributed by atoms with Gasteiger partial charge in [-0.2, -0.15) is 0 Å². The molecule has 2 aromatic rings. The smallest absolute Gasteiger partial charge is 0.167 e. The van der Waals surface area contributed by atoms with Crippen LogP contribution in [0.3, 0.4) is 0 Å². The molecule has 0 amide bonds. The SMILES string of the molecule is CC(C)c1cc2ccccn2c1C=O.Cl. The zero-order chi connectivity index (χ0) is 10.1. The normalized spacial score (nSPS) is 10.3. The lowest BCUT2D eigenvalue weighted by atomic mass is 10.0. The van der Waals surface area contributed by atoms with Gasteiger partial charge in [-0.15, -0.1) is 12.4 Å². The van der Waals surface area contributed by atoms with Gasteiger partial charge in [-0.3, -0.25) is 4.79 Å². The average molecular weight is 224 g/mol. The fourth-order valence-electron chi connectivity index (χ4n) is 1.75. The highest BCUT2D eigenvalue weighted by molar-refractivity contribution is 5.85. The summed E-state index contributed by atoms with van der Waals surface area (Å²) in [5.74, 6) is 0.384. The van der Waals surface area contributed by atoms with Crippen molar-refractivity contribution in [3.05, 3.63) is 41.7 Å². The molecule has 0 saturated heterocycles. The molecule has 0 fully saturated rings. The van der Waals surface area contributed by atoms with E-state index in [-0.39, 0.29) is 12.4 Å². The Hall–Kier alpha value is -1.28. The largest absolute Gasteiger partial charge is 0.314 e. The summed E-state index contributed by atoms with van der Waals surface area (Å²) in [5, 5.41) is 0. The molecule has 0 N–H and O–H groups in total. The minimum absolute atomic E-state index is 0. The number of aromatic nitrogens is 1. The molecule has 0 aliphatic rings. The second-order valence-corrected chi connectivity index (χ2v) is 3.75. The van der Waals surface area contributed by atoms with Crippen molar-refractivity contribution in [1.29, 1.82) is 0 Å². The third-order valence-electron chi connectivity index (χ3n) is 2.48. The number of halogens is 1. The van der Waals surface area contributed by atoms with Gasteiger partial charge in [-0.1, -0.05) is 19.9 Å². The Labute approximate surface area is 95.3 Å². The maximum Gasteiger partial charge on any atom is 0.167 e. The second kappa shape index (κ2) is 4.49. The van der Waals surface area contributed by atoms with Crippen LogP contribution in [0.5, 0.6) is 0 Å². The minimum atomic E-state index is 0. The Bertz CT molecular complexity index is 473. The fraction of sp³-hybridized carbons (Fsp3) is 0.250. The quantitative estimate of drug-likeness (QED) is 0.716. The summed E-state index contributed by atoms with van der Waals surface area (Å²) in [7, 11) is 0. The van der Waals surface area contributed by atoms with Gasteiger partial charge in [-0.25, -0.2) is 0 Å². The maximum atomic E-state index is 11.0. The number of rotatable bonds is 2. The summed E-state index contributed by atoms with van der Waals surface area (Å²) in [6, 6.07) is 8.01. The molecule has 80 valence electrons. The van der Waals surface area contributed by atoms with Crippen molar-refractivity contribution in [2.24, 2.45) is 0 Å². The van der Waals surface area contributed by atoms with Gasteiger partial charge in [-0.05, 0) is 29.7 Å². The molecule has 0 spiro atoms. The monoisotopic (exact) mass is 223 g/mol. The molecule has 2 rings (SSSR count). The summed E-state index contributed by atoms with van der Waals surface area (Å²) in [5.41, 5.74) is 2.97. The van der Waals surface area contributed by atoms with Gasteiger partial charge in [0.25, 0.3) is 0 Å². The predicted molar refractivity (Wildman–Crippen MR) is 64.1 cm³/mol. The first-order valence-electron chi connectivity index (χ1n) is 4.79. The maximum absolute atomic E-state index is 11.0. The van der Waals surface area contributed by atoms with Crippen LogP contribution in [0.4, 0.5) is 0 Å². The van der Waals surface area contributed by atoms with Gasteiger partial charge in [0, 0.05) is 11.7 Å². The molecule has 2 heterocycles. The van der Waals surface area contributed by atoms with Crippen molar-refractivity contribution < 1.29 is 4.79 Å². The Morgan fingerprint density at radius 2 is 2.07 bits per heavy atom. The number of fused-ring (bicyclic) bond motifs is 1. The van der Waals surface area contributed by atoms with Crippen LogP contribution in [0.15, 0.2) is 30.5 Å². The molecule has 0 bridgehead atoms. The van der Waals surface area contributed by atoms with Crippen molar-refractivity contribution in [3.8, 4) is 0 Å². The molecule has 0 aliphatic carbocycles. The standard InChI is InChI=1S/C12H13NO.ClH/c1-9(2)11-7-10-5-3-4-6-13(10)12(11)8-14;/h3-9H,1-2H3;1H. The third-order valence-corrected chi connectivity index (χ3v) is 2.48. The van der Waals surface area contributed by atoms with Gasteiger partial charge in [0.1, 0.15) is 0 Å². The number of hydrogen-bond donors (Lipinski definition) is 0. The lowest BCUT2D eigenvalue weighted by molar-refractivity contribution is 0.111. The molecule has 2 nitrogen and oxygen atoms in total. The van der Waals surface area contributed by atoms with Crippen LogP contribution in [0.2, 0.25) is 0 Å². The van der Waals surface area contributed by atoms with Crippen LogP contribution >= 0.6 is 12.4 Å². The molecular formula is C12H14ClNO. The Morgan fingerprint density at radius 3 is 2.67 bits per heavy atom. The zero-order valence-electron chi connectivity index (χ0n) is 8.81. The van der Waals surface area contributed by atoms with Crippen molar-refractivity contribution in [3.63, 3.8) is 0 Å². The lowest BCUT2D eigenvalue weighted by Gasteiger charge is -2.02. The first kappa shape index (κ1) is 11.8. The van der Waals surface area contributed by atoms with E-state index in [9.17, 15) is 4.79 Å². The Balaban J connectivity index is 0.00000112. The summed E-state index contributed by atoms with van der Waals surface area (Å²) in [6.07, 6.45) is 2.85. The molecule has 0 unspecified atom stereocenters. The molecule has 0 saturated carbocycles. The molecule has 0 aliphatic heterocycles. The van der Waals surface area contributed by atoms with Crippen molar-refractivity contribution in [2.75, 3.05) is 0 Å². The van der Waals surface area contributed by atoms with Crippen molar-refractivity contribution >= 4 is 24.2 Å². The second-order valence-electron chi connectivity index (χ2n) is 3.75. The number of pyridine rings is 1. The first-order valence-corrected chi connectivity index (χ1v) is 4.79. The van der Waals surface area contributed by atoms with Crippen LogP contribution in [0.25, 0.3) is 5.52 Å². The van der Waals surface area contributed by atoms with Gasteiger partial charge < -0.3 is 4.40 Å². The Morgan fingerprint density at radius 1 is 1.33 bits per heavy atom. The van der Waals surface area contributed by atoms with E-state index in [4.69, 9.17) is 0 Å². The topological polar surface area (TPSA) is 21.5 Å². The van der Waals surface area contributed by atoms with Crippen LogP contribution in [-0.4, -0.2) is 10.7 Å². The number of nitrogens with zero attached hydrogens (tertiary/aromatic N) is 1. The number of aldehydes is 1. The molecule has 2 aromatic heterocycles. The molecular weight excluding hydrogens is 210 g/mol. The highest BCUT2D eigenvalue weighted by Crippen LogP contribution is 2.22. The lowest BCUT2D eigenvalue weighted by Crippen LogP contribution is -1.95. The van der Waals surface area contributed by atoms with Gasteiger partial charge in [0.2, 0.25) is 0 Å². The predicted octanol–water partition coefficient (Wildman–Crippen LogP) is 3.30. The molecule has 0 atom stereocenters. The first-order chi connectivity index (χ1) is 6.74. The van der Waals surface area contributed by atoms with Crippen LogP contribution in [0.1, 0.15) is 35.8 Å². The minimum Gasteiger partial charge on any atom is -0.314 e. The van der Waals surface area contributed by atoms with Gasteiger partial charge in [0.15, 0.2) is 6.29 Å². The van der Waals surface area contributed by atoms with E-state index in [2.05, 4.69) is 19.9 Å². The van der Waals surface area contributed by atoms with E-state index in [1.807, 2.05) is 28.8 Å². The van der Waals surface area contributed by atoms with E-state index >= 15 is 0 Å². The molecule has 0 radical (unpaired) electrons. The van der Waals surface area contributed by atoms with Crippen LogP contribution in [-0.2, 0) is 0 Å². The molecule has 15 heavy (non-hydrogen) atoms. The number of carbonyl (C=O) groups excluding carboxylic acids is 1. The highest BCUT2D eigenvalue weighted by atomic mass is 35.5. The van der Waals surface area contributed by atoms with E-state index in [1.54, 1.807) is 0 Å². The van der Waals surface area contributed by atoms with Crippen molar-refractivity contribution in [2.45, 2.75) is 19.8 Å². The van der Waals surface area contributed by atoms with E-state index in [0.29, 0.717) is 5.92 Å². The number of carbonyl (C=O) groups is 1. The summed E-state index contributed by atoms with van der Waals surface area (Å²) < 4.78 is 1.93. The molecule has 0 aromatic carbocycles.